The number of para-hydroxylation sites is 1. The molecule has 2 aromatic carbocycles. The van der Waals surface area contributed by atoms with E-state index in [4.69, 9.17) is 0 Å². The number of anilines is 1. The summed E-state index contributed by atoms with van der Waals surface area (Å²) in [6.45, 7) is 0.666. The molecular weight excluding hydrogens is 324 g/mol. The molecular formula is C21H22N4O. The van der Waals surface area contributed by atoms with Crippen LogP contribution in [0.4, 0.5) is 5.69 Å². The van der Waals surface area contributed by atoms with Gasteiger partial charge < -0.3 is 5.32 Å². The van der Waals surface area contributed by atoms with Gasteiger partial charge in [-0.1, -0.05) is 60.2 Å². The van der Waals surface area contributed by atoms with E-state index in [2.05, 4.69) is 15.6 Å². The van der Waals surface area contributed by atoms with Gasteiger partial charge in [-0.05, 0) is 25.0 Å². The summed E-state index contributed by atoms with van der Waals surface area (Å²) in [7, 11) is 0. The first-order chi connectivity index (χ1) is 12.8. The fourth-order valence-electron chi connectivity index (χ4n) is 3.55. The van der Waals surface area contributed by atoms with Crippen LogP contribution in [0.1, 0.15) is 25.3 Å². The van der Waals surface area contributed by atoms with Crippen molar-refractivity contribution in [1.82, 2.24) is 15.0 Å². The molecule has 0 bridgehead atoms. The Bertz CT molecular complexity index is 860. The van der Waals surface area contributed by atoms with Gasteiger partial charge in [0.05, 0.1) is 6.20 Å². The molecule has 4 rings (SSSR count). The minimum Gasteiger partial charge on any atom is -0.384 e. The van der Waals surface area contributed by atoms with Crippen molar-refractivity contribution < 1.29 is 4.79 Å². The van der Waals surface area contributed by atoms with Gasteiger partial charge in [-0.2, -0.15) is 0 Å². The first-order valence-electron chi connectivity index (χ1n) is 9.11. The van der Waals surface area contributed by atoms with Gasteiger partial charge in [0.25, 0.3) is 0 Å². The lowest BCUT2D eigenvalue weighted by Crippen LogP contribution is -2.34. The zero-order valence-electron chi connectivity index (χ0n) is 14.6. The highest BCUT2D eigenvalue weighted by molar-refractivity contribution is 5.86. The topological polar surface area (TPSA) is 59.8 Å². The van der Waals surface area contributed by atoms with Crippen molar-refractivity contribution in [1.29, 1.82) is 0 Å². The van der Waals surface area contributed by atoms with Crippen LogP contribution in [-0.2, 0) is 4.79 Å². The molecule has 5 heteroatoms. The summed E-state index contributed by atoms with van der Waals surface area (Å²) in [5.74, 6) is 0.266. The molecule has 0 spiro atoms. The Labute approximate surface area is 153 Å². The molecule has 2 atom stereocenters. The van der Waals surface area contributed by atoms with E-state index in [9.17, 15) is 4.79 Å². The second kappa shape index (κ2) is 7.52. The normalized spacial score (nSPS) is 20.1. The zero-order valence-corrected chi connectivity index (χ0v) is 14.6. The van der Waals surface area contributed by atoms with Crippen molar-refractivity contribution in [3.05, 3.63) is 66.9 Å². The van der Waals surface area contributed by atoms with Crippen LogP contribution in [0.15, 0.2) is 66.9 Å². The monoisotopic (exact) mass is 346 g/mol. The highest BCUT2D eigenvalue weighted by atomic mass is 16.1. The summed E-state index contributed by atoms with van der Waals surface area (Å²) in [5, 5.41) is 11.9. The molecule has 1 aromatic heterocycles. The third-order valence-electron chi connectivity index (χ3n) is 4.99. The third-order valence-corrected chi connectivity index (χ3v) is 4.99. The molecule has 3 aromatic rings. The summed E-state index contributed by atoms with van der Waals surface area (Å²) in [6.07, 6.45) is 4.68. The van der Waals surface area contributed by atoms with Crippen LogP contribution in [0.3, 0.4) is 0 Å². The van der Waals surface area contributed by atoms with Crippen molar-refractivity contribution in [2.24, 2.45) is 5.92 Å². The number of nitrogens with one attached hydrogen (secondary N) is 1. The Balaban J connectivity index is 1.45. The van der Waals surface area contributed by atoms with Crippen LogP contribution >= 0.6 is 0 Å². The molecule has 1 fully saturated rings. The van der Waals surface area contributed by atoms with E-state index < -0.39 is 0 Å². The number of benzene rings is 2. The zero-order chi connectivity index (χ0) is 17.8. The SMILES string of the molecule is O=C1C(CNc2ccccc2)CCCC1n1cc(-c2ccccc2)nn1. The van der Waals surface area contributed by atoms with Crippen molar-refractivity contribution >= 4 is 11.5 Å². The number of nitrogens with zero attached hydrogens (tertiary/aromatic N) is 3. The van der Waals surface area contributed by atoms with Crippen LogP contribution in [0.2, 0.25) is 0 Å². The molecule has 0 aliphatic heterocycles. The summed E-state index contributed by atoms with van der Waals surface area (Å²) in [4.78, 5) is 13.0. The van der Waals surface area contributed by atoms with Crippen LogP contribution in [-0.4, -0.2) is 27.3 Å². The van der Waals surface area contributed by atoms with E-state index in [0.717, 1.165) is 36.2 Å². The molecule has 0 radical (unpaired) electrons. The Kier molecular flexibility index (Phi) is 4.78. The minimum atomic E-state index is -0.212. The molecule has 0 saturated heterocycles. The van der Waals surface area contributed by atoms with Crippen LogP contribution in [0, 0.1) is 5.92 Å². The highest BCUT2D eigenvalue weighted by Gasteiger charge is 2.33. The maximum absolute atomic E-state index is 13.0. The molecule has 0 amide bonds. The molecule has 1 aliphatic rings. The number of ketones is 1. The third kappa shape index (κ3) is 3.52. The second-order valence-corrected chi connectivity index (χ2v) is 6.74. The molecule has 1 N–H and O–H groups in total. The quantitative estimate of drug-likeness (QED) is 0.759. The Morgan fingerprint density at radius 1 is 1.00 bits per heavy atom. The predicted octanol–water partition coefficient (Wildman–Crippen LogP) is 3.97. The van der Waals surface area contributed by atoms with Gasteiger partial charge in [-0.3, -0.25) is 4.79 Å². The van der Waals surface area contributed by atoms with Crippen molar-refractivity contribution in [3.8, 4) is 11.3 Å². The number of carbonyl (C=O) groups is 1. The van der Waals surface area contributed by atoms with Gasteiger partial charge in [0.15, 0.2) is 5.78 Å². The second-order valence-electron chi connectivity index (χ2n) is 6.74. The van der Waals surface area contributed by atoms with E-state index in [1.807, 2.05) is 66.9 Å². The highest BCUT2D eigenvalue weighted by Crippen LogP contribution is 2.30. The van der Waals surface area contributed by atoms with Gasteiger partial charge in [-0.25, -0.2) is 4.68 Å². The Hall–Kier alpha value is -2.95. The average molecular weight is 346 g/mol. The van der Waals surface area contributed by atoms with Crippen molar-refractivity contribution in [2.75, 3.05) is 11.9 Å². The first-order valence-corrected chi connectivity index (χ1v) is 9.11. The van der Waals surface area contributed by atoms with Crippen molar-refractivity contribution in [3.63, 3.8) is 0 Å². The Morgan fingerprint density at radius 3 is 2.50 bits per heavy atom. The maximum atomic E-state index is 13.0. The van der Waals surface area contributed by atoms with E-state index in [1.165, 1.54) is 0 Å². The molecule has 26 heavy (non-hydrogen) atoms. The molecule has 1 saturated carbocycles. The summed E-state index contributed by atoms with van der Waals surface area (Å²) >= 11 is 0. The average Bonchev–Trinajstić information content (AvgIpc) is 3.19. The first kappa shape index (κ1) is 16.5. The number of hydrogen-bond acceptors (Lipinski definition) is 4. The van der Waals surface area contributed by atoms with Gasteiger partial charge in [-0.15, -0.1) is 5.10 Å². The number of Topliss-reactive ketones (excluding diaryl/α,β-unsaturated/α-hetero) is 1. The fourth-order valence-corrected chi connectivity index (χ4v) is 3.55. The summed E-state index contributed by atoms with van der Waals surface area (Å²) in [6, 6.07) is 19.7. The van der Waals surface area contributed by atoms with Gasteiger partial charge in [0.1, 0.15) is 11.7 Å². The van der Waals surface area contributed by atoms with E-state index in [0.29, 0.717) is 6.54 Å². The molecule has 5 nitrogen and oxygen atoms in total. The van der Waals surface area contributed by atoms with Gasteiger partial charge >= 0.3 is 0 Å². The van der Waals surface area contributed by atoms with E-state index in [1.54, 1.807) is 4.68 Å². The number of aromatic nitrogens is 3. The lowest BCUT2D eigenvalue weighted by atomic mass is 9.84. The predicted molar refractivity (Wildman–Crippen MR) is 102 cm³/mol. The standard InChI is InChI=1S/C21H22N4O/c26-21-17(14-22-18-11-5-2-6-12-18)10-7-13-20(21)25-15-19(23-24-25)16-8-3-1-4-9-16/h1-6,8-9,11-12,15,17,20,22H,7,10,13-14H2. The van der Waals surface area contributed by atoms with Crippen LogP contribution in [0.25, 0.3) is 11.3 Å². The smallest absolute Gasteiger partial charge is 0.162 e. The van der Waals surface area contributed by atoms with E-state index >= 15 is 0 Å². The number of carbonyl (C=O) groups excluding carboxylic acids is 1. The van der Waals surface area contributed by atoms with Crippen LogP contribution < -0.4 is 5.32 Å². The fraction of sp³-hybridized carbons (Fsp3) is 0.286. The lowest BCUT2D eigenvalue weighted by molar-refractivity contribution is -0.128. The maximum Gasteiger partial charge on any atom is 0.162 e. The molecule has 1 heterocycles. The summed E-state index contributed by atoms with van der Waals surface area (Å²) in [5.41, 5.74) is 2.88. The van der Waals surface area contributed by atoms with E-state index in [-0.39, 0.29) is 17.7 Å². The van der Waals surface area contributed by atoms with Gasteiger partial charge in [0, 0.05) is 23.7 Å². The number of hydrogen-bond donors (Lipinski definition) is 1. The van der Waals surface area contributed by atoms with Gasteiger partial charge in [0.2, 0.25) is 0 Å². The number of rotatable bonds is 5. The lowest BCUT2D eigenvalue weighted by Gasteiger charge is -2.28. The summed E-state index contributed by atoms with van der Waals surface area (Å²) < 4.78 is 1.75. The molecule has 1 aliphatic carbocycles. The minimum absolute atomic E-state index is 0.0123. The molecule has 132 valence electrons. The van der Waals surface area contributed by atoms with Crippen LogP contribution in [0.5, 0.6) is 0 Å². The molecule has 2 unspecified atom stereocenters. The Morgan fingerprint density at radius 2 is 1.73 bits per heavy atom. The van der Waals surface area contributed by atoms with Crippen molar-refractivity contribution in [2.45, 2.75) is 25.3 Å². The largest absolute Gasteiger partial charge is 0.384 e.